The van der Waals surface area contributed by atoms with Crippen molar-refractivity contribution in [2.24, 2.45) is 0 Å². The number of hydrogen-bond donors (Lipinski definition) is 0. The molecule has 0 atom stereocenters. The van der Waals surface area contributed by atoms with Crippen LogP contribution < -0.4 is 23.4 Å². The van der Waals surface area contributed by atoms with Crippen LogP contribution in [0.2, 0.25) is 18.1 Å². The van der Waals surface area contributed by atoms with Crippen LogP contribution in [-0.4, -0.2) is 36.8 Å². The van der Waals surface area contributed by atoms with Gasteiger partial charge >= 0.3 is 0 Å². The summed E-state index contributed by atoms with van der Waals surface area (Å²) >= 11 is 0. The molecule has 2 aromatic rings. The fourth-order valence-electron chi connectivity index (χ4n) is 3.15. The van der Waals surface area contributed by atoms with E-state index in [1.807, 2.05) is 24.3 Å². The van der Waals surface area contributed by atoms with Crippen LogP contribution in [0, 0.1) is 0 Å². The Morgan fingerprint density at radius 1 is 0.812 bits per heavy atom. The van der Waals surface area contributed by atoms with Gasteiger partial charge in [0.05, 0.1) is 28.4 Å². The molecule has 0 radical (unpaired) electrons. The summed E-state index contributed by atoms with van der Waals surface area (Å²) in [5, 5.41) is 0.0919. The SMILES string of the molecule is CC/C(=C\c1ccc(OC)c(O[Si](C)(C)C(C)(C)C)c1)c1cc(OC)c(OC)c(OC)c1. The molecule has 5 nitrogen and oxygen atoms in total. The van der Waals surface area contributed by atoms with E-state index in [4.69, 9.17) is 23.4 Å². The highest BCUT2D eigenvalue weighted by Crippen LogP contribution is 2.42. The molecule has 0 aliphatic heterocycles. The Morgan fingerprint density at radius 3 is 1.81 bits per heavy atom. The van der Waals surface area contributed by atoms with Gasteiger partial charge in [0.25, 0.3) is 8.32 Å². The van der Waals surface area contributed by atoms with Gasteiger partial charge in [-0.1, -0.05) is 39.8 Å². The molecule has 0 N–H and O–H groups in total. The molecule has 0 aromatic heterocycles. The monoisotopic (exact) mass is 458 g/mol. The average Bonchev–Trinajstić information content (AvgIpc) is 2.75. The molecular formula is C26H38O5Si. The largest absolute Gasteiger partial charge is 0.541 e. The maximum atomic E-state index is 6.58. The van der Waals surface area contributed by atoms with E-state index in [-0.39, 0.29) is 5.04 Å². The lowest BCUT2D eigenvalue weighted by molar-refractivity contribution is 0.324. The Morgan fingerprint density at radius 2 is 1.38 bits per heavy atom. The predicted molar refractivity (Wildman–Crippen MR) is 135 cm³/mol. The van der Waals surface area contributed by atoms with Gasteiger partial charge < -0.3 is 23.4 Å². The number of ether oxygens (including phenoxy) is 4. The molecule has 0 spiro atoms. The lowest BCUT2D eigenvalue weighted by Gasteiger charge is -2.36. The smallest absolute Gasteiger partial charge is 0.250 e. The summed E-state index contributed by atoms with van der Waals surface area (Å²) in [5.74, 6) is 3.39. The van der Waals surface area contributed by atoms with Crippen molar-refractivity contribution >= 4 is 20.0 Å². The van der Waals surface area contributed by atoms with Gasteiger partial charge in [0, 0.05) is 0 Å². The summed E-state index contributed by atoms with van der Waals surface area (Å²) in [6.07, 6.45) is 3.00. The zero-order valence-electron chi connectivity index (χ0n) is 21.2. The molecule has 2 rings (SSSR count). The lowest BCUT2D eigenvalue weighted by atomic mass is 9.99. The summed E-state index contributed by atoms with van der Waals surface area (Å²) in [7, 11) is 4.53. The van der Waals surface area contributed by atoms with Crippen LogP contribution in [-0.2, 0) is 0 Å². The highest BCUT2D eigenvalue weighted by Gasteiger charge is 2.39. The average molecular weight is 459 g/mol. The molecule has 0 aliphatic rings. The molecular weight excluding hydrogens is 420 g/mol. The zero-order valence-corrected chi connectivity index (χ0v) is 22.2. The molecule has 6 heteroatoms. The number of rotatable bonds is 9. The second kappa shape index (κ2) is 10.3. The molecule has 0 unspecified atom stereocenters. The number of allylic oxidation sites excluding steroid dienone is 1. The van der Waals surface area contributed by atoms with E-state index in [0.717, 1.165) is 34.6 Å². The van der Waals surface area contributed by atoms with Gasteiger partial charge in [-0.05, 0) is 65.5 Å². The van der Waals surface area contributed by atoms with Crippen LogP contribution in [0.1, 0.15) is 45.2 Å². The van der Waals surface area contributed by atoms with E-state index in [9.17, 15) is 0 Å². The van der Waals surface area contributed by atoms with Gasteiger partial charge in [0.15, 0.2) is 17.2 Å². The van der Waals surface area contributed by atoms with Crippen LogP contribution >= 0.6 is 0 Å². The minimum Gasteiger partial charge on any atom is -0.541 e. The van der Waals surface area contributed by atoms with Gasteiger partial charge in [-0.15, -0.1) is 0 Å². The molecule has 2 aromatic carbocycles. The Hall–Kier alpha value is -2.60. The van der Waals surface area contributed by atoms with Gasteiger partial charge in [0.1, 0.15) is 5.75 Å². The van der Waals surface area contributed by atoms with E-state index in [1.165, 1.54) is 0 Å². The van der Waals surface area contributed by atoms with Gasteiger partial charge in [-0.3, -0.25) is 0 Å². The molecule has 32 heavy (non-hydrogen) atoms. The summed E-state index contributed by atoms with van der Waals surface area (Å²) in [5.41, 5.74) is 3.21. The first-order valence-electron chi connectivity index (χ1n) is 10.9. The summed E-state index contributed by atoms with van der Waals surface area (Å²) < 4.78 is 28.7. The van der Waals surface area contributed by atoms with Crippen molar-refractivity contribution in [1.82, 2.24) is 0 Å². The Bertz CT molecular complexity index is 932. The highest BCUT2D eigenvalue weighted by atomic mass is 28.4. The first kappa shape index (κ1) is 25.7. The third-order valence-corrected chi connectivity index (χ3v) is 10.5. The second-order valence-electron chi connectivity index (χ2n) is 9.21. The van der Waals surface area contributed by atoms with Crippen molar-refractivity contribution in [3.63, 3.8) is 0 Å². The molecule has 0 bridgehead atoms. The normalized spacial score (nSPS) is 12.4. The van der Waals surface area contributed by atoms with E-state index in [0.29, 0.717) is 17.2 Å². The standard InChI is InChI=1S/C26H38O5Si/c1-11-19(20-16-23(28-6)25(30-8)24(17-20)29-7)14-18-12-13-21(27-5)22(15-18)31-32(9,10)26(2,3)4/h12-17H,11H2,1-10H3/b19-14+. The van der Waals surface area contributed by atoms with Crippen LogP contribution in [0.3, 0.4) is 0 Å². The van der Waals surface area contributed by atoms with E-state index >= 15 is 0 Å². The van der Waals surface area contributed by atoms with Gasteiger partial charge in [0.2, 0.25) is 5.75 Å². The topological polar surface area (TPSA) is 46.2 Å². The number of hydrogen-bond acceptors (Lipinski definition) is 5. The molecule has 0 aliphatic carbocycles. The van der Waals surface area contributed by atoms with Gasteiger partial charge in [-0.25, -0.2) is 0 Å². The zero-order chi connectivity index (χ0) is 24.1. The maximum absolute atomic E-state index is 6.58. The maximum Gasteiger partial charge on any atom is 0.250 e. The first-order valence-corrected chi connectivity index (χ1v) is 13.8. The minimum absolute atomic E-state index is 0.0919. The molecule has 176 valence electrons. The van der Waals surface area contributed by atoms with E-state index in [2.05, 4.69) is 52.9 Å². The summed E-state index contributed by atoms with van der Waals surface area (Å²) in [6.45, 7) is 13.3. The van der Waals surface area contributed by atoms with Crippen molar-refractivity contribution in [3.8, 4) is 28.7 Å². The second-order valence-corrected chi connectivity index (χ2v) is 13.9. The first-order chi connectivity index (χ1) is 15.0. The Kier molecular flexibility index (Phi) is 8.29. The van der Waals surface area contributed by atoms with Crippen molar-refractivity contribution in [2.75, 3.05) is 28.4 Å². The minimum atomic E-state index is -2.01. The van der Waals surface area contributed by atoms with Crippen molar-refractivity contribution in [2.45, 2.75) is 52.2 Å². The van der Waals surface area contributed by atoms with E-state index in [1.54, 1.807) is 28.4 Å². The Labute approximate surface area is 194 Å². The Balaban J connectivity index is 2.54. The van der Waals surface area contributed by atoms with Crippen LogP contribution in [0.15, 0.2) is 30.3 Å². The van der Waals surface area contributed by atoms with Crippen molar-refractivity contribution in [1.29, 1.82) is 0 Å². The number of methoxy groups -OCH3 is 4. The van der Waals surface area contributed by atoms with Crippen LogP contribution in [0.25, 0.3) is 11.6 Å². The quantitative estimate of drug-likeness (QED) is 0.297. The lowest BCUT2D eigenvalue weighted by Crippen LogP contribution is -2.43. The molecule has 0 amide bonds. The third kappa shape index (κ3) is 5.60. The third-order valence-electron chi connectivity index (χ3n) is 6.12. The predicted octanol–water partition coefficient (Wildman–Crippen LogP) is 7.06. The van der Waals surface area contributed by atoms with E-state index < -0.39 is 8.32 Å². The van der Waals surface area contributed by atoms with Crippen LogP contribution in [0.5, 0.6) is 28.7 Å². The van der Waals surface area contributed by atoms with Crippen molar-refractivity contribution < 1.29 is 23.4 Å². The molecule has 0 saturated heterocycles. The fourth-order valence-corrected chi connectivity index (χ4v) is 4.16. The summed E-state index contributed by atoms with van der Waals surface area (Å²) in [4.78, 5) is 0. The van der Waals surface area contributed by atoms with Crippen LogP contribution in [0.4, 0.5) is 0 Å². The van der Waals surface area contributed by atoms with Crippen molar-refractivity contribution in [3.05, 3.63) is 41.5 Å². The molecule has 0 saturated carbocycles. The molecule has 0 heterocycles. The summed E-state index contributed by atoms with van der Waals surface area (Å²) in [6, 6.07) is 10.0. The highest BCUT2D eigenvalue weighted by molar-refractivity contribution is 6.74. The number of benzene rings is 2. The fraction of sp³-hybridized carbons (Fsp3) is 0.462. The van der Waals surface area contributed by atoms with Gasteiger partial charge in [-0.2, -0.15) is 0 Å². The molecule has 0 fully saturated rings.